The van der Waals surface area contributed by atoms with E-state index in [9.17, 15) is 38.7 Å². The quantitative estimate of drug-likeness (QED) is 0.0374. The number of carbonyl (C=O) groups is 7. The SMILES string of the molecule is CC#CC#CC#CC#CC#CC#CC#CC#CC(=O)OCC(COC(=O)C#CC#CC#CC#CC#CC#CC#CC#CC)OC(=O)CC(C)CCC(C)CC(=O)OCO[C@H]1CC[C@@]2(C)[C@@H](CC[C@@H]3[C@@H]2CC[C@]2(C)[C@@H](C(C)=O)CC[C@@H]32)C1.CC(=O)[C@H]1CC[C@H]2[C@@H]3CC[C@H]4C[C@@H](O)CC[C@]4(C)[C@H]3CC[C@]12C.CSCO[C@H]1CC[C@@]2(C)[C@@H](CC[C@@H]3[C@@H]2CC[C@]2(C)[C@@H](C(C)=O)CC[C@@H]32)C1.[HH].[HH].[HH].[HH].[HH].[HH].[HH].[HH].[HH].[HH].[HH].[HH].[HH].[HH].[HH].[HH].[HH].[HH].[HH].[HH].[HH].[HH].[HH].[HH].[HH].[HH].[HH].[HH].[HH].[HH]. The van der Waals surface area contributed by atoms with Gasteiger partial charge in [0.2, 0.25) is 0 Å². The number of rotatable bonds is 21. The number of aliphatic hydroxyl groups is 1. The van der Waals surface area contributed by atoms with Crippen LogP contribution in [0.2, 0.25) is 0 Å². The van der Waals surface area contributed by atoms with Gasteiger partial charge in [0.05, 0.1) is 24.3 Å². The van der Waals surface area contributed by atoms with Gasteiger partial charge in [0.1, 0.15) is 30.6 Å². The molecule has 26 atom stereocenters. The van der Waals surface area contributed by atoms with Crippen LogP contribution in [-0.2, 0) is 62.0 Å². The van der Waals surface area contributed by atoms with Crippen molar-refractivity contribution in [2.24, 2.45) is 133 Å². The van der Waals surface area contributed by atoms with Crippen LogP contribution >= 0.6 is 11.8 Å². The molecule has 14 nitrogen and oxygen atoms in total. The molecule has 0 bridgehead atoms. The first-order chi connectivity index (χ1) is 62.5. The molecule has 0 amide bonds. The topological polar surface area (TPSA) is 195 Å². The van der Waals surface area contributed by atoms with Crippen LogP contribution in [0.5, 0.6) is 0 Å². The third-order valence-corrected chi connectivity index (χ3v) is 34.1. The maximum absolute atomic E-state index is 13.1. The summed E-state index contributed by atoms with van der Waals surface area (Å²) in [7, 11) is 0. The van der Waals surface area contributed by atoms with E-state index in [0.29, 0.717) is 88.0 Å². The van der Waals surface area contributed by atoms with Crippen molar-refractivity contribution in [2.75, 3.05) is 32.2 Å². The molecule has 0 heterocycles. The van der Waals surface area contributed by atoms with Gasteiger partial charge in [-0.1, -0.05) is 67.2 Å². The summed E-state index contributed by atoms with van der Waals surface area (Å²) < 4.78 is 33.8. The van der Waals surface area contributed by atoms with E-state index in [4.69, 9.17) is 28.4 Å². The Morgan fingerprint density at radius 1 is 0.362 bits per heavy atom. The molecule has 130 heavy (non-hydrogen) atoms. The predicted molar refractivity (Wildman–Crippen MR) is 571 cm³/mol. The van der Waals surface area contributed by atoms with Gasteiger partial charge >= 0.3 is 23.9 Å². The highest BCUT2D eigenvalue weighted by atomic mass is 32.2. The Bertz CT molecular complexity index is 5230. The Morgan fingerprint density at radius 3 is 1.02 bits per heavy atom. The molecule has 2 unspecified atom stereocenters. The number of hydrogen-bond donors (Lipinski definition) is 1. The van der Waals surface area contributed by atoms with Crippen LogP contribution in [0.1, 0.15) is 332 Å². The lowest BCUT2D eigenvalue weighted by molar-refractivity contribution is -0.174. The largest absolute Gasteiger partial charge is 0.455 e. The Hall–Kier alpha value is -9.92. The van der Waals surface area contributed by atoms with Gasteiger partial charge in [0.25, 0.3) is 0 Å². The monoisotopic (exact) mass is 1830 g/mol. The number of thioether (sulfide) groups is 1. The molecule has 744 valence electrons. The zero-order valence-electron chi connectivity index (χ0n) is 79.5. The van der Waals surface area contributed by atoms with Gasteiger partial charge in [0.15, 0.2) is 12.9 Å². The van der Waals surface area contributed by atoms with Crippen molar-refractivity contribution in [3.63, 3.8) is 0 Å². The minimum Gasteiger partial charge on any atom is -0.455 e. The first kappa shape index (κ1) is 102. The van der Waals surface area contributed by atoms with Crippen LogP contribution in [-0.4, -0.2) is 103 Å². The average Bonchev–Trinajstić information content (AvgIpc) is 1.26. The van der Waals surface area contributed by atoms with Crippen molar-refractivity contribution in [3.05, 3.63) is 0 Å². The second-order valence-corrected chi connectivity index (χ2v) is 41.5. The van der Waals surface area contributed by atoms with Crippen LogP contribution in [0.15, 0.2) is 0 Å². The summed E-state index contributed by atoms with van der Waals surface area (Å²) >= 11 is 1.80. The third kappa shape index (κ3) is 26.5. The zero-order chi connectivity index (χ0) is 93.5. The first-order valence-electron chi connectivity index (χ1n) is 47.9. The number of aliphatic hydroxyl groups excluding tert-OH is 1. The molecular weight excluding hydrogens is 1640 g/mol. The molecule has 0 saturated heterocycles. The fourth-order valence-electron chi connectivity index (χ4n) is 27.5. The molecule has 0 radical (unpaired) electrons. The fraction of sp³-hybridized carbons (Fsp3) is 0.661. The van der Waals surface area contributed by atoms with E-state index in [1.165, 1.54) is 116 Å². The molecule has 0 aromatic heterocycles. The van der Waals surface area contributed by atoms with E-state index >= 15 is 0 Å². The molecule has 0 aromatic rings. The molecular formula is C115H194O14S. The maximum atomic E-state index is 13.1. The first-order valence-corrected chi connectivity index (χ1v) is 49.3. The second-order valence-electron chi connectivity index (χ2n) is 40.7. The van der Waals surface area contributed by atoms with Crippen LogP contribution in [0.3, 0.4) is 0 Å². The van der Waals surface area contributed by atoms with Crippen molar-refractivity contribution < 1.29 is 110 Å². The number of fused-ring (bicyclic) bond motifs is 15. The summed E-state index contributed by atoms with van der Waals surface area (Å²) in [5, 5.41) is 10.1. The fourth-order valence-corrected chi connectivity index (χ4v) is 27.9. The van der Waals surface area contributed by atoms with Crippen molar-refractivity contribution in [2.45, 2.75) is 313 Å². The van der Waals surface area contributed by atoms with Crippen molar-refractivity contribution in [3.8, 4) is 189 Å². The number of esters is 4. The van der Waals surface area contributed by atoms with Gasteiger partial charge in [-0.2, -0.15) is 0 Å². The lowest BCUT2D eigenvalue weighted by atomic mass is 9.44. The molecule has 0 spiro atoms. The average molecular weight is 1830 g/mol. The number of Topliss-reactive ketones (excluding diaryl/α,β-unsaturated/α-hetero) is 3. The Balaban J connectivity index is -0.000000108. The van der Waals surface area contributed by atoms with Gasteiger partial charge in [-0.3, -0.25) is 24.0 Å². The van der Waals surface area contributed by atoms with Gasteiger partial charge in [0, 0.05) is 85.2 Å². The zero-order valence-corrected chi connectivity index (χ0v) is 80.4. The van der Waals surface area contributed by atoms with Crippen molar-refractivity contribution in [1.82, 2.24) is 0 Å². The van der Waals surface area contributed by atoms with Gasteiger partial charge in [-0.25, -0.2) is 9.59 Å². The molecule has 15 heteroatoms. The summed E-state index contributed by atoms with van der Waals surface area (Å²) in [5.41, 5.74) is 1.99. The minimum absolute atomic E-state index is 0. The van der Waals surface area contributed by atoms with Crippen molar-refractivity contribution in [1.29, 1.82) is 0 Å². The van der Waals surface area contributed by atoms with Crippen molar-refractivity contribution >= 4 is 53.0 Å². The van der Waals surface area contributed by atoms with E-state index in [1.54, 1.807) is 32.5 Å². The summed E-state index contributed by atoms with van der Waals surface area (Å²) in [5.74, 6) is 87.7. The third-order valence-electron chi connectivity index (χ3n) is 33.8. The summed E-state index contributed by atoms with van der Waals surface area (Å²) in [6, 6.07) is 0. The number of ether oxygens (including phenoxy) is 6. The Morgan fingerprint density at radius 2 is 0.669 bits per heavy atom. The molecule has 0 aromatic carbocycles. The van der Waals surface area contributed by atoms with E-state index in [2.05, 4.69) is 237 Å². The van der Waals surface area contributed by atoms with Gasteiger partial charge < -0.3 is 33.5 Å². The molecule has 12 saturated carbocycles. The van der Waals surface area contributed by atoms with Gasteiger partial charge in [-0.15, -0.1) is 11.8 Å². The smallest absolute Gasteiger partial charge is 0.385 e. The van der Waals surface area contributed by atoms with Crippen LogP contribution < -0.4 is 0 Å². The highest BCUT2D eigenvalue weighted by molar-refractivity contribution is 7.98. The molecule has 0 aliphatic heterocycles. The maximum Gasteiger partial charge on any atom is 0.385 e. The Kier molecular flexibility index (Phi) is 38.5. The molecule has 12 aliphatic carbocycles. The molecule has 12 rings (SSSR count). The standard InChI is InChI=1S/C71H62O10.C23H38O2S.C21H34O2.30H2/c1-8-10-12-14-16-18-20-22-24-26-28-30-32-34-36-38-66(73)77-53-61(54-78-67(74)39-37-35-33-31-29-27-25-23-21-19-17-15-13-11-9-2)81-69(76)51-57(4)41-40-56(3)50-68(75)80-55-79-60-46-48-70(6)59(52-60)42-43-62-64-45-44-63(58(5)72)71(64,7)49-47-65(62)70;1-15(24)19-7-8-20-18-6-5-16-13-17(25-14-26-4)9-11-22(16,2)21(18)10-12-23(19,20)3;1-13(22)17-6-7-18-16-5-4-14-12-15(23)8-10-20(14,2)19(16)9-11-21(17,18)3;;;;;;;;;;;;;;;;;;;;;;;;;;;;;;/h56-57,59-65H,40-55H2,1-7H3;16-21H,5-14H2,1-4H3;14-19,23H,4-12H2,1-3H3;30*1H/t56?,57?,59-,60-,62-,63+,64-,65-,70-,71+;16-,17-,18-,19+,20-,21-,22-,23+;14-,15-,16-,17+,18-,19-,20-,21+;;;;;;;;;;;;;;;;;;;;;;;;;;;;;;/m000............................../s1. The van der Waals surface area contributed by atoms with E-state index in [0.717, 1.165) is 111 Å². The minimum atomic E-state index is -1.21. The number of carbonyl (C=O) groups excluding carboxylic acids is 7. The van der Waals surface area contributed by atoms with Crippen LogP contribution in [0.25, 0.3) is 0 Å². The number of ketones is 3. The number of hydrogen-bond acceptors (Lipinski definition) is 15. The van der Waals surface area contributed by atoms with E-state index in [-0.39, 0.29) is 115 Å². The lowest BCUT2D eigenvalue weighted by Gasteiger charge is -2.61. The normalized spacial score (nSPS) is 33.5. The molecule has 1 N–H and O–H groups in total. The lowest BCUT2D eigenvalue weighted by Crippen LogP contribution is -2.54. The highest BCUT2D eigenvalue weighted by Crippen LogP contribution is 2.71. The van der Waals surface area contributed by atoms with Crippen LogP contribution in [0.4, 0.5) is 0 Å². The van der Waals surface area contributed by atoms with Crippen LogP contribution in [0, 0.1) is 323 Å². The second kappa shape index (κ2) is 49.0. The summed E-state index contributed by atoms with van der Waals surface area (Å²) in [6.07, 6.45) is 35.7. The summed E-state index contributed by atoms with van der Waals surface area (Å²) in [6.45, 7) is 26.5. The predicted octanol–water partition coefficient (Wildman–Crippen LogP) is 25.0. The molecule has 12 aliphatic rings. The van der Waals surface area contributed by atoms with E-state index < -0.39 is 37.2 Å². The van der Waals surface area contributed by atoms with Gasteiger partial charge in [-0.05, 0) is 508 Å². The Labute approximate surface area is 828 Å². The molecule has 12 fully saturated rings. The van der Waals surface area contributed by atoms with E-state index in [1.807, 2.05) is 27.7 Å². The summed E-state index contributed by atoms with van der Waals surface area (Å²) in [4.78, 5) is 87.9. The highest BCUT2D eigenvalue weighted by Gasteiger charge is 2.65.